The first-order chi connectivity index (χ1) is 13.8. The molecular formula is C27H20O. The molecule has 0 heterocycles. The van der Waals surface area contributed by atoms with Crippen molar-refractivity contribution in [3.8, 4) is 0 Å². The van der Waals surface area contributed by atoms with Crippen molar-refractivity contribution in [3.05, 3.63) is 107 Å². The molecule has 4 aromatic rings. The molecule has 0 saturated heterocycles. The lowest BCUT2D eigenvalue weighted by Gasteiger charge is -2.03. The van der Waals surface area contributed by atoms with E-state index in [1.165, 1.54) is 21.5 Å². The third-order valence-corrected chi connectivity index (χ3v) is 5.51. The van der Waals surface area contributed by atoms with Crippen LogP contribution in [-0.2, 0) is 4.79 Å². The number of ketones is 1. The fraction of sp³-hybridized carbons (Fsp3) is 0.0741. The molecule has 0 bridgehead atoms. The zero-order chi connectivity index (χ0) is 18.9. The van der Waals surface area contributed by atoms with E-state index in [9.17, 15) is 4.79 Å². The maximum absolute atomic E-state index is 13.0. The molecule has 5 rings (SSSR count). The summed E-state index contributed by atoms with van der Waals surface area (Å²) in [7, 11) is 0. The van der Waals surface area contributed by atoms with Crippen molar-refractivity contribution >= 4 is 39.5 Å². The second-order valence-electron chi connectivity index (χ2n) is 7.34. The predicted molar refractivity (Wildman–Crippen MR) is 118 cm³/mol. The van der Waals surface area contributed by atoms with Gasteiger partial charge in [-0.3, -0.25) is 4.79 Å². The van der Waals surface area contributed by atoms with Crippen molar-refractivity contribution in [1.29, 1.82) is 0 Å². The van der Waals surface area contributed by atoms with E-state index in [2.05, 4.69) is 72.8 Å². The average Bonchev–Trinajstić information content (AvgIpc) is 3.07. The number of Topliss-reactive ketones (excluding diaryl/α,β-unsaturated/α-hetero) is 1. The van der Waals surface area contributed by atoms with Gasteiger partial charge in [0.25, 0.3) is 0 Å². The van der Waals surface area contributed by atoms with Crippen LogP contribution in [0, 0.1) is 0 Å². The molecule has 4 aromatic carbocycles. The summed E-state index contributed by atoms with van der Waals surface area (Å²) in [6.45, 7) is 0. The quantitative estimate of drug-likeness (QED) is 0.358. The van der Waals surface area contributed by atoms with Gasteiger partial charge in [-0.2, -0.15) is 0 Å². The van der Waals surface area contributed by atoms with Crippen molar-refractivity contribution in [2.75, 3.05) is 0 Å². The van der Waals surface area contributed by atoms with E-state index in [0.717, 1.165) is 35.1 Å². The van der Waals surface area contributed by atoms with E-state index in [-0.39, 0.29) is 5.78 Å². The Balaban J connectivity index is 1.49. The largest absolute Gasteiger partial charge is 0.289 e. The molecule has 1 aliphatic rings. The Morgan fingerprint density at radius 1 is 0.607 bits per heavy atom. The van der Waals surface area contributed by atoms with Crippen LogP contribution in [0.15, 0.2) is 96.1 Å². The van der Waals surface area contributed by atoms with Gasteiger partial charge in [-0.05, 0) is 63.7 Å². The van der Waals surface area contributed by atoms with Gasteiger partial charge in [0.1, 0.15) is 0 Å². The Morgan fingerprint density at radius 3 is 2.14 bits per heavy atom. The molecule has 1 nitrogen and oxygen atoms in total. The highest BCUT2D eigenvalue weighted by Gasteiger charge is 2.23. The van der Waals surface area contributed by atoms with E-state index in [4.69, 9.17) is 0 Å². The third kappa shape index (κ3) is 3.05. The van der Waals surface area contributed by atoms with Gasteiger partial charge in [-0.15, -0.1) is 0 Å². The number of rotatable bonds is 2. The lowest BCUT2D eigenvalue weighted by molar-refractivity contribution is -0.111. The number of allylic oxidation sites excluding steroid dienone is 2. The van der Waals surface area contributed by atoms with Crippen LogP contribution in [0.5, 0.6) is 0 Å². The van der Waals surface area contributed by atoms with Gasteiger partial charge in [0, 0.05) is 11.1 Å². The summed E-state index contributed by atoms with van der Waals surface area (Å²) in [5.74, 6) is 0.182. The molecule has 0 atom stereocenters. The van der Waals surface area contributed by atoms with Crippen LogP contribution >= 0.6 is 0 Å². The second kappa shape index (κ2) is 6.94. The molecule has 0 spiro atoms. The molecule has 0 radical (unpaired) electrons. The molecule has 1 fully saturated rings. The van der Waals surface area contributed by atoms with Gasteiger partial charge in [-0.25, -0.2) is 0 Å². The maximum atomic E-state index is 13.0. The third-order valence-electron chi connectivity index (χ3n) is 5.51. The molecule has 134 valence electrons. The summed E-state index contributed by atoms with van der Waals surface area (Å²) in [5.41, 5.74) is 4.02. The molecular weight excluding hydrogens is 340 g/mol. The van der Waals surface area contributed by atoms with Crippen LogP contribution < -0.4 is 0 Å². The van der Waals surface area contributed by atoms with Crippen molar-refractivity contribution in [2.24, 2.45) is 0 Å². The maximum Gasteiger partial charge on any atom is 0.185 e. The summed E-state index contributed by atoms with van der Waals surface area (Å²) in [5, 5.41) is 4.82. The molecule has 0 unspecified atom stereocenters. The fourth-order valence-electron chi connectivity index (χ4n) is 4.04. The molecule has 1 aliphatic carbocycles. The number of benzene rings is 4. The smallest absolute Gasteiger partial charge is 0.185 e. The van der Waals surface area contributed by atoms with E-state index in [1.807, 2.05) is 24.3 Å². The number of carbonyl (C=O) groups excluding carboxylic acids is 1. The Morgan fingerprint density at radius 2 is 1.29 bits per heavy atom. The molecule has 1 heteroatoms. The SMILES string of the molecule is O=C1C(=Cc2ccc3ccccc3c2)CCC1=Cc1cccc2ccccc12. The first-order valence-corrected chi connectivity index (χ1v) is 9.70. The highest BCUT2D eigenvalue weighted by molar-refractivity contribution is 6.16. The summed E-state index contributed by atoms with van der Waals surface area (Å²) < 4.78 is 0. The molecule has 0 N–H and O–H groups in total. The summed E-state index contributed by atoms with van der Waals surface area (Å²) in [4.78, 5) is 13.0. The van der Waals surface area contributed by atoms with Gasteiger partial charge >= 0.3 is 0 Å². The predicted octanol–water partition coefficient (Wildman–Crippen LogP) is 6.82. The fourth-order valence-corrected chi connectivity index (χ4v) is 4.04. The van der Waals surface area contributed by atoms with Crippen LogP contribution in [0.25, 0.3) is 33.7 Å². The Labute approximate surface area is 164 Å². The number of fused-ring (bicyclic) bond motifs is 2. The normalized spacial score (nSPS) is 17.2. The zero-order valence-electron chi connectivity index (χ0n) is 15.6. The number of hydrogen-bond donors (Lipinski definition) is 0. The van der Waals surface area contributed by atoms with Gasteiger partial charge in [0.05, 0.1) is 0 Å². The highest BCUT2D eigenvalue weighted by Crippen LogP contribution is 2.31. The van der Waals surface area contributed by atoms with E-state index < -0.39 is 0 Å². The average molecular weight is 360 g/mol. The Kier molecular flexibility index (Phi) is 4.14. The second-order valence-corrected chi connectivity index (χ2v) is 7.34. The van der Waals surface area contributed by atoms with E-state index in [0.29, 0.717) is 0 Å². The summed E-state index contributed by atoms with van der Waals surface area (Å²) in [6.07, 6.45) is 5.74. The monoisotopic (exact) mass is 360 g/mol. The van der Waals surface area contributed by atoms with E-state index in [1.54, 1.807) is 0 Å². The van der Waals surface area contributed by atoms with Crippen LogP contribution in [0.3, 0.4) is 0 Å². The molecule has 28 heavy (non-hydrogen) atoms. The Hall–Kier alpha value is -3.45. The number of carbonyl (C=O) groups is 1. The van der Waals surface area contributed by atoms with Crippen LogP contribution in [0.2, 0.25) is 0 Å². The summed E-state index contributed by atoms with van der Waals surface area (Å²) >= 11 is 0. The minimum Gasteiger partial charge on any atom is -0.289 e. The van der Waals surface area contributed by atoms with Gasteiger partial charge < -0.3 is 0 Å². The molecule has 0 aliphatic heterocycles. The van der Waals surface area contributed by atoms with Gasteiger partial charge in [0.15, 0.2) is 5.78 Å². The van der Waals surface area contributed by atoms with Crippen molar-refractivity contribution in [1.82, 2.24) is 0 Å². The van der Waals surface area contributed by atoms with Crippen LogP contribution in [-0.4, -0.2) is 5.78 Å². The van der Waals surface area contributed by atoms with Crippen LogP contribution in [0.4, 0.5) is 0 Å². The van der Waals surface area contributed by atoms with Crippen molar-refractivity contribution < 1.29 is 4.79 Å². The van der Waals surface area contributed by atoms with Gasteiger partial charge in [-0.1, -0.05) is 78.9 Å². The topological polar surface area (TPSA) is 17.1 Å². The minimum absolute atomic E-state index is 0.182. The lowest BCUT2D eigenvalue weighted by atomic mass is 10.0. The standard InChI is InChI=1S/C27H20O/c28-27-24(17-19-12-13-20-6-1-2-8-22(20)16-19)14-15-25(27)18-23-10-5-9-21-7-3-4-11-26(21)23/h1-13,16-18H,14-15H2. The van der Waals surface area contributed by atoms with Crippen molar-refractivity contribution in [3.63, 3.8) is 0 Å². The zero-order valence-corrected chi connectivity index (χ0v) is 15.6. The van der Waals surface area contributed by atoms with Gasteiger partial charge in [0.2, 0.25) is 0 Å². The summed E-state index contributed by atoms with van der Waals surface area (Å²) in [6, 6.07) is 29.3. The van der Waals surface area contributed by atoms with E-state index >= 15 is 0 Å². The van der Waals surface area contributed by atoms with Crippen LogP contribution in [0.1, 0.15) is 24.0 Å². The lowest BCUT2D eigenvalue weighted by Crippen LogP contribution is -1.95. The highest BCUT2D eigenvalue weighted by atomic mass is 16.1. The molecule has 1 saturated carbocycles. The molecule has 0 amide bonds. The number of hydrogen-bond acceptors (Lipinski definition) is 1. The van der Waals surface area contributed by atoms with Crippen molar-refractivity contribution in [2.45, 2.75) is 12.8 Å². The first kappa shape index (κ1) is 16.7. The first-order valence-electron chi connectivity index (χ1n) is 9.70. The minimum atomic E-state index is 0.182. The Bertz CT molecular complexity index is 1270. The molecule has 0 aromatic heterocycles.